The summed E-state index contributed by atoms with van der Waals surface area (Å²) in [4.78, 5) is 7.55. The van der Waals surface area contributed by atoms with Crippen LogP contribution in [0.3, 0.4) is 0 Å². The van der Waals surface area contributed by atoms with Crippen LogP contribution in [0, 0.1) is 23.7 Å². The van der Waals surface area contributed by atoms with Crippen LogP contribution in [0.2, 0.25) is 0 Å². The van der Waals surface area contributed by atoms with Crippen LogP contribution in [0.15, 0.2) is 82.7 Å². The molecule has 0 aliphatic heterocycles. The van der Waals surface area contributed by atoms with Gasteiger partial charge < -0.3 is 0 Å². The quantitative estimate of drug-likeness (QED) is 0.427. The maximum atomic E-state index is 13.5. The Kier molecular flexibility index (Phi) is 4.75. The van der Waals surface area contributed by atoms with Crippen molar-refractivity contribution in [3.05, 3.63) is 95.7 Å². The Balaban J connectivity index is 2.07. The van der Waals surface area contributed by atoms with Crippen molar-refractivity contribution in [3.8, 4) is 17.2 Å². The number of nitrogens with zero attached hydrogens (tertiary/aromatic N) is 3. The molecule has 1 aromatic heterocycles. The fourth-order valence-electron chi connectivity index (χ4n) is 3.21. The minimum atomic E-state index is -4.04. The van der Waals surface area contributed by atoms with Gasteiger partial charge in [0.15, 0.2) is 5.69 Å². The molecule has 0 spiro atoms. The summed E-state index contributed by atoms with van der Waals surface area (Å²) in [6.45, 7) is 7.19. The van der Waals surface area contributed by atoms with Crippen molar-refractivity contribution in [2.45, 2.75) is 9.79 Å². The number of benzene rings is 3. The second-order valence-electron chi connectivity index (χ2n) is 6.46. The van der Waals surface area contributed by atoms with Crippen molar-refractivity contribution in [1.82, 2.24) is 4.98 Å². The van der Waals surface area contributed by atoms with E-state index in [0.29, 0.717) is 27.7 Å². The normalized spacial score (nSPS) is 11.0. The molecule has 4 aromatic rings. The molecule has 0 bridgehead atoms. The van der Waals surface area contributed by atoms with E-state index < -0.39 is 15.7 Å². The zero-order valence-corrected chi connectivity index (χ0v) is 16.2. The molecule has 4 rings (SSSR count). The Morgan fingerprint density at radius 1 is 1.03 bits per heavy atom. The maximum absolute atomic E-state index is 13.5. The summed E-state index contributed by atoms with van der Waals surface area (Å²) >= 11 is 0. The van der Waals surface area contributed by atoms with E-state index in [-0.39, 0.29) is 15.4 Å². The molecule has 0 N–H and O–H groups in total. The summed E-state index contributed by atoms with van der Waals surface area (Å²) in [6.07, 6.45) is 1.24. The minimum absolute atomic E-state index is 0.0381. The number of hydrogen-bond donors (Lipinski definition) is 0. The number of nitriles is 1. The number of fused-ring (bicyclic) bond motifs is 1. The lowest BCUT2D eigenvalue weighted by Crippen LogP contribution is -2.06. The first-order valence-corrected chi connectivity index (χ1v) is 10.2. The lowest BCUT2D eigenvalue weighted by molar-refractivity contribution is 0.596. The van der Waals surface area contributed by atoms with Crippen LogP contribution in [0.25, 0.3) is 26.9 Å². The van der Waals surface area contributed by atoms with Gasteiger partial charge in [-0.25, -0.2) is 17.7 Å². The van der Waals surface area contributed by atoms with E-state index in [9.17, 15) is 12.8 Å². The second-order valence-corrected chi connectivity index (χ2v) is 8.38. The average Bonchev–Trinajstić information content (AvgIpc) is 2.78. The van der Waals surface area contributed by atoms with E-state index >= 15 is 0 Å². The van der Waals surface area contributed by atoms with E-state index in [1.807, 2.05) is 6.07 Å². The van der Waals surface area contributed by atoms with Crippen LogP contribution >= 0.6 is 0 Å². The monoisotopic (exact) mass is 413 g/mol. The predicted octanol–water partition coefficient (Wildman–Crippen LogP) is 5.30. The van der Waals surface area contributed by atoms with Crippen LogP contribution < -0.4 is 0 Å². The molecule has 7 heteroatoms. The van der Waals surface area contributed by atoms with Gasteiger partial charge >= 0.3 is 0 Å². The number of sulfone groups is 1. The molecular weight excluding hydrogens is 401 g/mol. The average molecular weight is 413 g/mol. The molecule has 0 fully saturated rings. The van der Waals surface area contributed by atoms with Gasteiger partial charge in [0.25, 0.3) is 0 Å². The fraction of sp³-hybridized carbons (Fsp3) is 0. The van der Waals surface area contributed by atoms with Crippen LogP contribution in [0.1, 0.15) is 5.56 Å². The van der Waals surface area contributed by atoms with Gasteiger partial charge in [-0.05, 0) is 42.0 Å². The Morgan fingerprint density at radius 2 is 1.80 bits per heavy atom. The molecule has 144 valence electrons. The smallest absolute Gasteiger partial charge is 0.208 e. The Morgan fingerprint density at radius 3 is 2.50 bits per heavy atom. The summed E-state index contributed by atoms with van der Waals surface area (Å²) in [5, 5.41) is 9.65. The van der Waals surface area contributed by atoms with Crippen LogP contribution in [-0.2, 0) is 9.84 Å². The van der Waals surface area contributed by atoms with Crippen molar-refractivity contribution in [3.63, 3.8) is 0 Å². The summed E-state index contributed by atoms with van der Waals surface area (Å²) in [7, 11) is -4.04. The highest BCUT2D eigenvalue weighted by atomic mass is 32.2. The summed E-state index contributed by atoms with van der Waals surface area (Å²) in [6, 6.07) is 18.0. The van der Waals surface area contributed by atoms with Gasteiger partial charge in [-0.15, -0.1) is 0 Å². The third kappa shape index (κ3) is 3.28. The van der Waals surface area contributed by atoms with Crippen LogP contribution in [-0.4, -0.2) is 13.4 Å². The van der Waals surface area contributed by atoms with Crippen molar-refractivity contribution in [2.75, 3.05) is 0 Å². The van der Waals surface area contributed by atoms with Crippen LogP contribution in [0.5, 0.6) is 0 Å². The predicted molar refractivity (Wildman–Crippen MR) is 110 cm³/mol. The summed E-state index contributed by atoms with van der Waals surface area (Å²) in [5.41, 5.74) is 1.90. The molecule has 0 unspecified atom stereocenters. The van der Waals surface area contributed by atoms with Gasteiger partial charge in [0.1, 0.15) is 5.82 Å². The van der Waals surface area contributed by atoms with Crippen molar-refractivity contribution >= 4 is 26.4 Å². The van der Waals surface area contributed by atoms with Gasteiger partial charge in [-0.1, -0.05) is 30.3 Å². The van der Waals surface area contributed by atoms with Gasteiger partial charge in [0.2, 0.25) is 9.84 Å². The standard InChI is InChI=1S/C23H12FN3O2S/c1-26-18-9-10-20-21(12-18)27-14-22(23(20)16-5-7-17(24)8-6-16)30(28,29)19-4-2-3-15(11-19)13-25/h2-12,14H. The molecule has 0 aliphatic carbocycles. The number of aromatic nitrogens is 1. The fourth-order valence-corrected chi connectivity index (χ4v) is 4.69. The lowest BCUT2D eigenvalue weighted by atomic mass is 10.0. The van der Waals surface area contributed by atoms with Crippen molar-refractivity contribution in [2.24, 2.45) is 0 Å². The molecule has 5 nitrogen and oxygen atoms in total. The van der Waals surface area contributed by atoms with Gasteiger partial charge in [-0.2, -0.15) is 5.26 Å². The van der Waals surface area contributed by atoms with E-state index in [4.69, 9.17) is 11.8 Å². The third-order valence-electron chi connectivity index (χ3n) is 4.64. The molecule has 0 saturated heterocycles. The highest BCUT2D eigenvalue weighted by molar-refractivity contribution is 7.91. The third-order valence-corrected chi connectivity index (χ3v) is 6.41. The highest BCUT2D eigenvalue weighted by Crippen LogP contribution is 2.37. The zero-order valence-electron chi connectivity index (χ0n) is 15.4. The van der Waals surface area contributed by atoms with Crippen molar-refractivity contribution < 1.29 is 12.8 Å². The molecule has 0 aliphatic rings. The van der Waals surface area contributed by atoms with E-state index in [1.165, 1.54) is 54.7 Å². The van der Waals surface area contributed by atoms with Gasteiger partial charge in [0, 0.05) is 17.1 Å². The molecule has 30 heavy (non-hydrogen) atoms. The topological polar surface area (TPSA) is 75.2 Å². The minimum Gasteiger partial charge on any atom is -0.256 e. The van der Waals surface area contributed by atoms with E-state index in [0.717, 1.165) is 0 Å². The molecule has 0 saturated carbocycles. The SMILES string of the molecule is [C-]#[N+]c1ccc2c(-c3ccc(F)cc3)c(S(=O)(=O)c3cccc(C#N)c3)cnc2c1. The Hall–Kier alpha value is -4.07. The molecule has 0 amide bonds. The summed E-state index contributed by atoms with van der Waals surface area (Å²) < 4.78 is 40.4. The number of rotatable bonds is 3. The summed E-state index contributed by atoms with van der Waals surface area (Å²) in [5.74, 6) is -0.446. The number of halogens is 1. The Labute approximate surface area is 172 Å². The maximum Gasteiger partial charge on any atom is 0.208 e. The van der Waals surface area contributed by atoms with Gasteiger partial charge in [-0.3, -0.25) is 4.98 Å². The van der Waals surface area contributed by atoms with Crippen molar-refractivity contribution in [1.29, 1.82) is 5.26 Å². The highest BCUT2D eigenvalue weighted by Gasteiger charge is 2.25. The molecular formula is C23H12FN3O2S. The lowest BCUT2D eigenvalue weighted by Gasteiger charge is -2.14. The van der Waals surface area contributed by atoms with Gasteiger partial charge in [0.05, 0.1) is 33.5 Å². The van der Waals surface area contributed by atoms with Crippen LogP contribution in [0.4, 0.5) is 10.1 Å². The molecule has 0 atom stereocenters. The number of pyridine rings is 1. The largest absolute Gasteiger partial charge is 0.256 e. The van der Waals surface area contributed by atoms with E-state index in [1.54, 1.807) is 18.2 Å². The first kappa shape index (κ1) is 19.3. The van der Waals surface area contributed by atoms with E-state index in [2.05, 4.69) is 9.83 Å². The molecule has 1 heterocycles. The first-order valence-electron chi connectivity index (χ1n) is 8.75. The Bertz CT molecular complexity index is 1480. The first-order chi connectivity index (χ1) is 14.4. The number of hydrogen-bond acceptors (Lipinski definition) is 4. The second kappa shape index (κ2) is 7.40. The molecule has 3 aromatic carbocycles. The molecule has 0 radical (unpaired) electrons. The zero-order chi connectivity index (χ0) is 21.3.